The van der Waals surface area contributed by atoms with E-state index in [4.69, 9.17) is 20.1 Å². The van der Waals surface area contributed by atoms with Gasteiger partial charge in [0.15, 0.2) is 0 Å². The largest absolute Gasteiger partial charge is 0.481 e. The number of oxazole rings is 1. The predicted molar refractivity (Wildman–Crippen MR) is 103 cm³/mol. The fourth-order valence-electron chi connectivity index (χ4n) is 2.93. The predicted octanol–water partition coefficient (Wildman–Crippen LogP) is 3.42. The number of pyridine rings is 1. The Labute approximate surface area is 167 Å². The monoisotopic (exact) mass is 394 g/mol. The number of benzene rings is 1. The Hall–Kier alpha value is -3.73. The number of nitrogens with zero attached hydrogens (tertiary/aromatic N) is 3. The Kier molecular flexibility index (Phi) is 6.19. The van der Waals surface area contributed by atoms with Gasteiger partial charge >= 0.3 is 0 Å². The molecule has 8 heteroatoms. The highest BCUT2D eigenvalue weighted by atomic mass is 19.1. The van der Waals surface area contributed by atoms with Crippen molar-refractivity contribution in [3.05, 3.63) is 64.9 Å². The molecule has 1 aliphatic carbocycles. The Morgan fingerprint density at radius 1 is 1.28 bits per heavy atom. The van der Waals surface area contributed by atoms with Crippen LogP contribution in [0.25, 0.3) is 11.5 Å². The van der Waals surface area contributed by atoms with Gasteiger partial charge in [-0.2, -0.15) is 5.26 Å². The number of rotatable bonds is 3. The lowest BCUT2D eigenvalue weighted by Crippen LogP contribution is -2.11. The van der Waals surface area contributed by atoms with Gasteiger partial charge in [0.25, 0.3) is 0 Å². The molecule has 0 aliphatic heterocycles. The molecule has 0 saturated heterocycles. The number of amides is 1. The van der Waals surface area contributed by atoms with Crippen molar-refractivity contribution in [2.24, 2.45) is 5.73 Å². The first-order valence-corrected chi connectivity index (χ1v) is 8.99. The zero-order valence-corrected chi connectivity index (χ0v) is 15.8. The molecule has 148 valence electrons. The third kappa shape index (κ3) is 4.96. The average Bonchev–Trinajstić information content (AvgIpc) is 3.18. The SMILES string of the molecule is COc1cc(-c2nc3c(o2)CCCC3)ccn1.N#Cc1cc(F)cc(C(N)=O)c1. The number of halogens is 1. The molecule has 0 saturated carbocycles. The van der Waals surface area contributed by atoms with E-state index in [1.54, 1.807) is 19.4 Å². The number of nitriles is 1. The molecule has 0 fully saturated rings. The quantitative estimate of drug-likeness (QED) is 0.728. The van der Waals surface area contributed by atoms with Gasteiger partial charge in [-0.1, -0.05) is 0 Å². The van der Waals surface area contributed by atoms with Crippen LogP contribution in [0, 0.1) is 17.1 Å². The first kappa shape index (κ1) is 20.0. The smallest absolute Gasteiger partial charge is 0.248 e. The van der Waals surface area contributed by atoms with Crippen LogP contribution in [0.15, 0.2) is 40.9 Å². The van der Waals surface area contributed by atoms with Crippen molar-refractivity contribution in [3.63, 3.8) is 0 Å². The molecule has 0 radical (unpaired) electrons. The van der Waals surface area contributed by atoms with E-state index in [-0.39, 0.29) is 11.1 Å². The lowest BCUT2D eigenvalue weighted by atomic mass is 10.0. The van der Waals surface area contributed by atoms with Crippen LogP contribution in [0.5, 0.6) is 5.88 Å². The summed E-state index contributed by atoms with van der Waals surface area (Å²) in [6, 6.07) is 8.71. The number of fused-ring (bicyclic) bond motifs is 1. The Morgan fingerprint density at radius 3 is 2.76 bits per heavy atom. The topological polar surface area (TPSA) is 115 Å². The van der Waals surface area contributed by atoms with Crippen molar-refractivity contribution in [2.45, 2.75) is 25.7 Å². The maximum Gasteiger partial charge on any atom is 0.248 e. The zero-order valence-electron chi connectivity index (χ0n) is 15.8. The van der Waals surface area contributed by atoms with Crippen molar-refractivity contribution in [1.82, 2.24) is 9.97 Å². The maximum atomic E-state index is 12.6. The molecule has 4 rings (SSSR count). The van der Waals surface area contributed by atoms with Gasteiger partial charge < -0.3 is 14.9 Å². The molecule has 0 atom stereocenters. The molecule has 3 aromatic rings. The highest BCUT2D eigenvalue weighted by Gasteiger charge is 2.18. The summed E-state index contributed by atoms with van der Waals surface area (Å²) in [6.45, 7) is 0. The van der Waals surface area contributed by atoms with Gasteiger partial charge in [0, 0.05) is 29.8 Å². The molecular weight excluding hydrogens is 375 g/mol. The number of nitrogens with two attached hydrogens (primary N) is 1. The minimum absolute atomic E-state index is 0.00606. The van der Waals surface area contributed by atoms with Gasteiger partial charge in [-0.25, -0.2) is 14.4 Å². The molecule has 7 nitrogen and oxygen atoms in total. The summed E-state index contributed by atoms with van der Waals surface area (Å²) in [5, 5.41) is 8.40. The summed E-state index contributed by atoms with van der Waals surface area (Å²) in [4.78, 5) is 19.2. The van der Waals surface area contributed by atoms with E-state index in [1.807, 2.05) is 12.1 Å². The number of carbonyl (C=O) groups is 1. The van der Waals surface area contributed by atoms with Gasteiger partial charge in [0.05, 0.1) is 24.4 Å². The van der Waals surface area contributed by atoms with Crippen molar-refractivity contribution >= 4 is 5.91 Å². The summed E-state index contributed by atoms with van der Waals surface area (Å²) in [5.74, 6) is 0.923. The van der Waals surface area contributed by atoms with Crippen molar-refractivity contribution in [3.8, 4) is 23.4 Å². The van der Waals surface area contributed by atoms with Crippen molar-refractivity contribution in [2.75, 3.05) is 7.11 Å². The van der Waals surface area contributed by atoms with Gasteiger partial charge in [0.2, 0.25) is 17.7 Å². The van der Waals surface area contributed by atoms with Crippen LogP contribution in [0.4, 0.5) is 4.39 Å². The third-order valence-electron chi connectivity index (χ3n) is 4.35. The number of hydrogen-bond acceptors (Lipinski definition) is 6. The molecule has 2 aromatic heterocycles. The van der Waals surface area contributed by atoms with E-state index in [0.717, 1.165) is 42.0 Å². The van der Waals surface area contributed by atoms with Crippen LogP contribution in [-0.2, 0) is 12.8 Å². The maximum absolute atomic E-state index is 12.6. The van der Waals surface area contributed by atoms with Gasteiger partial charge in [-0.05, 0) is 43.5 Å². The summed E-state index contributed by atoms with van der Waals surface area (Å²) in [7, 11) is 1.60. The minimum Gasteiger partial charge on any atom is -0.481 e. The Bertz CT molecular complexity index is 1050. The summed E-state index contributed by atoms with van der Waals surface area (Å²) in [6.07, 6.45) is 6.14. The zero-order chi connectivity index (χ0) is 20.8. The molecule has 1 aromatic carbocycles. The third-order valence-corrected chi connectivity index (χ3v) is 4.35. The second-order valence-corrected chi connectivity index (χ2v) is 6.39. The minimum atomic E-state index is -0.744. The lowest BCUT2D eigenvalue weighted by molar-refractivity contribution is 0.1000. The number of carbonyl (C=O) groups excluding carboxylic acids is 1. The van der Waals surface area contributed by atoms with E-state index in [9.17, 15) is 9.18 Å². The van der Waals surface area contributed by atoms with Gasteiger partial charge in [-0.3, -0.25) is 4.79 Å². The van der Waals surface area contributed by atoms with Crippen molar-refractivity contribution < 1.29 is 18.3 Å². The van der Waals surface area contributed by atoms with Crippen LogP contribution in [-0.4, -0.2) is 23.0 Å². The van der Waals surface area contributed by atoms with E-state index >= 15 is 0 Å². The van der Waals surface area contributed by atoms with E-state index < -0.39 is 11.7 Å². The average molecular weight is 394 g/mol. The number of ether oxygens (including phenoxy) is 1. The van der Waals surface area contributed by atoms with Gasteiger partial charge in [-0.15, -0.1) is 0 Å². The van der Waals surface area contributed by atoms with Crippen molar-refractivity contribution in [1.29, 1.82) is 5.26 Å². The molecule has 2 N–H and O–H groups in total. The van der Waals surface area contributed by atoms with Gasteiger partial charge in [0.1, 0.15) is 11.6 Å². The number of aryl methyl sites for hydroxylation is 2. The summed E-state index contributed by atoms with van der Waals surface area (Å²) >= 11 is 0. The fourth-order valence-corrected chi connectivity index (χ4v) is 2.93. The normalized spacial score (nSPS) is 12.2. The molecule has 1 amide bonds. The number of hydrogen-bond donors (Lipinski definition) is 1. The second-order valence-electron chi connectivity index (χ2n) is 6.39. The Balaban J connectivity index is 0.000000177. The van der Waals surface area contributed by atoms with Crippen LogP contribution in [0.3, 0.4) is 0 Å². The number of methoxy groups -OCH3 is 1. The molecule has 1 aliphatic rings. The first-order chi connectivity index (χ1) is 14.0. The van der Waals surface area contributed by atoms with Crippen LogP contribution in [0.2, 0.25) is 0 Å². The van der Waals surface area contributed by atoms with Crippen LogP contribution in [0.1, 0.15) is 40.2 Å². The fraction of sp³-hybridized carbons (Fsp3) is 0.238. The second kappa shape index (κ2) is 8.97. The first-order valence-electron chi connectivity index (χ1n) is 8.99. The molecular formula is C21H19FN4O3. The van der Waals surface area contributed by atoms with E-state index in [2.05, 4.69) is 9.97 Å². The number of primary amides is 1. The van der Waals surface area contributed by atoms with E-state index in [1.165, 1.54) is 18.9 Å². The molecule has 0 unspecified atom stereocenters. The molecule has 0 spiro atoms. The molecule has 29 heavy (non-hydrogen) atoms. The summed E-state index contributed by atoms with van der Waals surface area (Å²) in [5.41, 5.74) is 7.02. The van der Waals surface area contributed by atoms with Crippen LogP contribution < -0.4 is 10.5 Å². The molecule has 2 heterocycles. The Morgan fingerprint density at radius 2 is 2.07 bits per heavy atom. The van der Waals surface area contributed by atoms with Crippen LogP contribution >= 0.6 is 0 Å². The van der Waals surface area contributed by atoms with E-state index in [0.29, 0.717) is 11.8 Å². The highest BCUT2D eigenvalue weighted by molar-refractivity contribution is 5.93. The number of aromatic nitrogens is 2. The molecule has 0 bridgehead atoms. The highest BCUT2D eigenvalue weighted by Crippen LogP contribution is 2.28. The standard InChI is InChI=1S/C13H14N2O2.C8H5FN2O/c1-16-12-8-9(6-7-14-12)13-15-10-4-2-3-5-11(10)17-13;9-7-2-5(4-10)1-6(3-7)8(11)12/h6-8H,2-5H2,1H3;1-3H,(H2,11,12). The lowest BCUT2D eigenvalue weighted by Gasteiger charge is -2.05. The summed E-state index contributed by atoms with van der Waals surface area (Å²) < 4.78 is 23.5.